The third-order valence-corrected chi connectivity index (χ3v) is 3.73. The Bertz CT molecular complexity index is 202. The number of hydrogen-bond donors (Lipinski definition) is 1. The summed E-state index contributed by atoms with van der Waals surface area (Å²) in [6, 6.07) is 0.737. The minimum absolute atomic E-state index is 0.421. The van der Waals surface area contributed by atoms with E-state index >= 15 is 0 Å². The van der Waals surface area contributed by atoms with Gasteiger partial charge in [-0.15, -0.1) is 0 Å². The van der Waals surface area contributed by atoms with E-state index in [9.17, 15) is 0 Å². The Balaban J connectivity index is 1.86. The number of nitrogens with zero attached hydrogens (tertiary/aromatic N) is 1. The molecule has 2 saturated heterocycles. The van der Waals surface area contributed by atoms with Crippen LogP contribution in [-0.4, -0.2) is 43.8 Å². The molecule has 0 aromatic carbocycles. The Morgan fingerprint density at radius 3 is 2.80 bits per heavy atom. The molecule has 0 amide bonds. The SMILES string of the molecule is CC1(CN2CCCCC2CCN)COC1. The molecule has 0 aromatic heterocycles. The Kier molecular flexibility index (Phi) is 3.65. The van der Waals surface area contributed by atoms with Crippen LogP contribution in [0.3, 0.4) is 0 Å². The topological polar surface area (TPSA) is 38.5 Å². The van der Waals surface area contributed by atoms with Crippen molar-refractivity contribution in [2.45, 2.75) is 38.6 Å². The maximum absolute atomic E-state index is 5.68. The molecule has 0 aliphatic carbocycles. The fourth-order valence-electron chi connectivity index (χ4n) is 2.82. The predicted octanol–water partition coefficient (Wildman–Crippen LogP) is 1.23. The smallest absolute Gasteiger partial charge is 0.0554 e. The zero-order valence-electron chi connectivity index (χ0n) is 9.87. The molecule has 2 N–H and O–H groups in total. The van der Waals surface area contributed by atoms with Gasteiger partial charge in [0.25, 0.3) is 0 Å². The van der Waals surface area contributed by atoms with Gasteiger partial charge in [0, 0.05) is 18.0 Å². The van der Waals surface area contributed by atoms with Gasteiger partial charge in [-0.2, -0.15) is 0 Å². The van der Waals surface area contributed by atoms with Gasteiger partial charge in [-0.25, -0.2) is 0 Å². The maximum Gasteiger partial charge on any atom is 0.0554 e. The lowest BCUT2D eigenvalue weighted by Gasteiger charge is -2.45. The third-order valence-electron chi connectivity index (χ3n) is 3.73. The summed E-state index contributed by atoms with van der Waals surface area (Å²) in [5, 5.41) is 0. The van der Waals surface area contributed by atoms with E-state index in [1.54, 1.807) is 0 Å². The molecule has 2 heterocycles. The summed E-state index contributed by atoms with van der Waals surface area (Å²) in [5.41, 5.74) is 6.10. The fourth-order valence-corrected chi connectivity index (χ4v) is 2.82. The zero-order chi connectivity index (χ0) is 10.7. The van der Waals surface area contributed by atoms with E-state index in [0.717, 1.165) is 32.2 Å². The molecule has 1 atom stereocenters. The average molecular weight is 212 g/mol. The van der Waals surface area contributed by atoms with Crippen LogP contribution < -0.4 is 5.73 Å². The Labute approximate surface area is 93.0 Å². The van der Waals surface area contributed by atoms with Crippen molar-refractivity contribution in [3.63, 3.8) is 0 Å². The van der Waals surface area contributed by atoms with Crippen molar-refractivity contribution in [1.29, 1.82) is 0 Å². The minimum atomic E-state index is 0.421. The van der Waals surface area contributed by atoms with Crippen molar-refractivity contribution in [1.82, 2.24) is 4.90 Å². The lowest BCUT2D eigenvalue weighted by atomic mass is 9.86. The molecule has 2 fully saturated rings. The summed E-state index contributed by atoms with van der Waals surface area (Å²) in [6.07, 6.45) is 5.25. The van der Waals surface area contributed by atoms with Gasteiger partial charge in [-0.1, -0.05) is 13.3 Å². The third kappa shape index (κ3) is 2.71. The summed E-state index contributed by atoms with van der Waals surface area (Å²) in [4.78, 5) is 2.65. The van der Waals surface area contributed by atoms with Crippen molar-refractivity contribution in [2.24, 2.45) is 11.1 Å². The second kappa shape index (κ2) is 4.81. The molecular formula is C12H24N2O. The fraction of sp³-hybridized carbons (Fsp3) is 1.00. The highest BCUT2D eigenvalue weighted by Gasteiger charge is 2.37. The summed E-state index contributed by atoms with van der Waals surface area (Å²) in [7, 11) is 0. The number of rotatable bonds is 4. The second-order valence-electron chi connectivity index (χ2n) is 5.50. The van der Waals surface area contributed by atoms with Crippen LogP contribution in [0, 0.1) is 5.41 Å². The van der Waals surface area contributed by atoms with Crippen molar-refractivity contribution in [3.05, 3.63) is 0 Å². The molecule has 0 bridgehead atoms. The van der Waals surface area contributed by atoms with E-state index in [4.69, 9.17) is 10.5 Å². The number of likely N-dealkylation sites (tertiary alicyclic amines) is 1. The van der Waals surface area contributed by atoms with Gasteiger partial charge in [0.15, 0.2) is 0 Å². The summed E-state index contributed by atoms with van der Waals surface area (Å²) < 4.78 is 5.32. The van der Waals surface area contributed by atoms with Gasteiger partial charge in [0.1, 0.15) is 0 Å². The molecule has 88 valence electrons. The van der Waals surface area contributed by atoms with Gasteiger partial charge in [-0.05, 0) is 32.4 Å². The first-order chi connectivity index (χ1) is 7.23. The highest BCUT2D eigenvalue weighted by molar-refractivity contribution is 4.88. The maximum atomic E-state index is 5.68. The summed E-state index contributed by atoms with van der Waals surface area (Å²) >= 11 is 0. The molecule has 1 unspecified atom stereocenters. The van der Waals surface area contributed by atoms with Crippen LogP contribution in [0.5, 0.6) is 0 Å². The summed E-state index contributed by atoms with van der Waals surface area (Å²) in [5.74, 6) is 0. The van der Waals surface area contributed by atoms with Crippen molar-refractivity contribution < 1.29 is 4.74 Å². The predicted molar refractivity (Wildman–Crippen MR) is 61.8 cm³/mol. The van der Waals surface area contributed by atoms with E-state index in [1.165, 1.54) is 32.4 Å². The largest absolute Gasteiger partial charge is 0.380 e. The quantitative estimate of drug-likeness (QED) is 0.761. The van der Waals surface area contributed by atoms with Crippen LogP contribution in [0.25, 0.3) is 0 Å². The van der Waals surface area contributed by atoms with Gasteiger partial charge in [-0.3, -0.25) is 4.90 Å². The van der Waals surface area contributed by atoms with Crippen molar-refractivity contribution in [2.75, 3.05) is 32.8 Å². The first-order valence-electron chi connectivity index (χ1n) is 6.25. The molecule has 2 aliphatic rings. The molecule has 3 nitrogen and oxygen atoms in total. The van der Waals surface area contributed by atoms with Crippen LogP contribution in [0.2, 0.25) is 0 Å². The van der Waals surface area contributed by atoms with Crippen LogP contribution in [0.1, 0.15) is 32.6 Å². The molecule has 0 aromatic rings. The lowest BCUT2D eigenvalue weighted by molar-refractivity contribution is -0.121. The number of hydrogen-bond acceptors (Lipinski definition) is 3. The molecule has 2 rings (SSSR count). The van der Waals surface area contributed by atoms with E-state index in [1.807, 2.05) is 0 Å². The van der Waals surface area contributed by atoms with E-state index in [-0.39, 0.29) is 0 Å². The first kappa shape index (κ1) is 11.4. The first-order valence-corrected chi connectivity index (χ1v) is 6.25. The molecule has 0 radical (unpaired) electrons. The molecule has 0 spiro atoms. The number of nitrogens with two attached hydrogens (primary N) is 1. The highest BCUT2D eigenvalue weighted by Crippen LogP contribution is 2.30. The summed E-state index contributed by atoms with van der Waals surface area (Å²) in [6.45, 7) is 7.52. The van der Waals surface area contributed by atoms with Crippen molar-refractivity contribution in [3.8, 4) is 0 Å². The van der Waals surface area contributed by atoms with Gasteiger partial charge < -0.3 is 10.5 Å². The Morgan fingerprint density at radius 2 is 2.20 bits per heavy atom. The van der Waals surface area contributed by atoms with Crippen molar-refractivity contribution >= 4 is 0 Å². The molecule has 0 saturated carbocycles. The highest BCUT2D eigenvalue weighted by atomic mass is 16.5. The normalized spacial score (nSPS) is 31.2. The van der Waals surface area contributed by atoms with Crippen LogP contribution in [-0.2, 0) is 4.74 Å². The van der Waals surface area contributed by atoms with Crippen LogP contribution in [0.15, 0.2) is 0 Å². The van der Waals surface area contributed by atoms with Crippen LogP contribution in [0.4, 0.5) is 0 Å². The average Bonchev–Trinajstić information content (AvgIpc) is 2.19. The van der Waals surface area contributed by atoms with Gasteiger partial charge in [0.05, 0.1) is 13.2 Å². The van der Waals surface area contributed by atoms with Gasteiger partial charge >= 0.3 is 0 Å². The zero-order valence-corrected chi connectivity index (χ0v) is 9.87. The standard InChI is InChI=1S/C12H24N2O/c1-12(9-15-10-12)8-14-7-3-2-4-11(14)5-6-13/h11H,2-10,13H2,1H3. The van der Waals surface area contributed by atoms with Crippen LogP contribution >= 0.6 is 0 Å². The molecular weight excluding hydrogens is 188 g/mol. The molecule has 15 heavy (non-hydrogen) atoms. The van der Waals surface area contributed by atoms with E-state index in [0.29, 0.717) is 5.41 Å². The number of piperidine rings is 1. The molecule has 3 heteroatoms. The van der Waals surface area contributed by atoms with Gasteiger partial charge in [0.2, 0.25) is 0 Å². The number of ether oxygens (including phenoxy) is 1. The Hall–Kier alpha value is -0.120. The van der Waals surface area contributed by atoms with E-state index in [2.05, 4.69) is 11.8 Å². The lowest BCUT2D eigenvalue weighted by Crippen LogP contribution is -2.53. The molecule has 2 aliphatic heterocycles. The second-order valence-corrected chi connectivity index (χ2v) is 5.50. The Morgan fingerprint density at radius 1 is 1.40 bits per heavy atom. The monoisotopic (exact) mass is 212 g/mol. The van der Waals surface area contributed by atoms with E-state index < -0.39 is 0 Å². The minimum Gasteiger partial charge on any atom is -0.380 e.